The lowest BCUT2D eigenvalue weighted by Crippen LogP contribution is -2.69. The van der Waals surface area contributed by atoms with Crippen LogP contribution >= 0.6 is 0 Å². The third-order valence-corrected chi connectivity index (χ3v) is 3.35. The summed E-state index contributed by atoms with van der Waals surface area (Å²) in [6, 6.07) is 2.54. The minimum atomic E-state index is -8.02. The summed E-state index contributed by atoms with van der Waals surface area (Å²) in [7, 11) is 0. The van der Waals surface area contributed by atoms with Gasteiger partial charge in [-0.1, -0.05) is 12.0 Å². The quantitative estimate of drug-likeness (QED) is 0.243. The monoisotopic (exact) mass is 465 g/mol. The molecule has 0 saturated heterocycles. The zero-order valence-corrected chi connectivity index (χ0v) is 13.5. The molecule has 30 heavy (non-hydrogen) atoms. The first-order chi connectivity index (χ1) is 13.1. The Morgan fingerprint density at radius 1 is 0.733 bits per heavy atom. The van der Waals surface area contributed by atoms with Crippen LogP contribution in [-0.2, 0) is 0 Å². The average Bonchev–Trinajstić information content (AvgIpc) is 2.58. The molecule has 3 nitrogen and oxygen atoms in total. The molecule has 0 aromatic heterocycles. The minimum Gasteiger partial charge on any atom is -0.258 e. The summed E-state index contributed by atoms with van der Waals surface area (Å²) < 4.78 is 168. The molecule has 1 rings (SSSR count). The molecular formula is C14H4F13NO2. The van der Waals surface area contributed by atoms with Gasteiger partial charge in [-0.25, -0.2) is 0 Å². The summed E-state index contributed by atoms with van der Waals surface area (Å²) in [5.41, 5.74) is -1.74. The molecule has 0 unspecified atom stereocenters. The zero-order chi connectivity index (χ0) is 24.0. The van der Waals surface area contributed by atoms with Crippen LogP contribution in [0.15, 0.2) is 24.3 Å². The molecule has 0 heterocycles. The van der Waals surface area contributed by atoms with Crippen molar-refractivity contribution < 1.29 is 62.0 Å². The number of nitro benzene ring substituents is 1. The average molecular weight is 465 g/mol. The van der Waals surface area contributed by atoms with Gasteiger partial charge in [0.05, 0.1) is 4.92 Å². The Morgan fingerprint density at radius 3 is 1.63 bits per heavy atom. The van der Waals surface area contributed by atoms with E-state index in [4.69, 9.17) is 0 Å². The van der Waals surface area contributed by atoms with E-state index in [1.165, 1.54) is 0 Å². The van der Waals surface area contributed by atoms with Crippen molar-refractivity contribution in [1.82, 2.24) is 0 Å². The van der Waals surface area contributed by atoms with Gasteiger partial charge >= 0.3 is 35.8 Å². The Kier molecular flexibility index (Phi) is 6.07. The SMILES string of the molecule is O=[N+]([O-])c1cccc(C#CC(F)(F)C(F)(F)C(F)(F)C(F)(F)C(F)(F)C(F)(F)F)c1. The van der Waals surface area contributed by atoms with Gasteiger partial charge < -0.3 is 0 Å². The molecule has 0 amide bonds. The highest BCUT2D eigenvalue weighted by atomic mass is 19.4. The third kappa shape index (κ3) is 3.84. The second-order valence-corrected chi connectivity index (χ2v) is 5.43. The molecule has 0 aliphatic rings. The van der Waals surface area contributed by atoms with E-state index in [0.717, 1.165) is 18.1 Å². The molecule has 0 aliphatic carbocycles. The highest BCUT2D eigenvalue weighted by Crippen LogP contribution is 2.60. The Hall–Kier alpha value is -2.73. The molecule has 0 aliphatic heterocycles. The lowest BCUT2D eigenvalue weighted by molar-refractivity contribution is -0.435. The smallest absolute Gasteiger partial charge is 0.258 e. The predicted octanol–water partition coefficient (Wildman–Crippen LogP) is 5.69. The van der Waals surface area contributed by atoms with Crippen LogP contribution in [0.5, 0.6) is 0 Å². The van der Waals surface area contributed by atoms with Crippen LogP contribution in [0.4, 0.5) is 62.8 Å². The number of rotatable bonds is 5. The maximum atomic E-state index is 13.5. The van der Waals surface area contributed by atoms with Crippen LogP contribution in [0, 0.1) is 22.0 Å². The second-order valence-electron chi connectivity index (χ2n) is 5.43. The van der Waals surface area contributed by atoms with Gasteiger partial charge in [0.1, 0.15) is 0 Å². The number of hydrogen-bond acceptors (Lipinski definition) is 2. The van der Waals surface area contributed by atoms with Crippen LogP contribution < -0.4 is 0 Å². The van der Waals surface area contributed by atoms with Gasteiger partial charge in [-0.3, -0.25) is 10.1 Å². The van der Waals surface area contributed by atoms with Gasteiger partial charge in [-0.05, 0) is 12.0 Å². The summed E-state index contributed by atoms with van der Waals surface area (Å²) in [5, 5.41) is 10.5. The molecular weight excluding hydrogens is 461 g/mol. The Morgan fingerprint density at radius 2 is 1.20 bits per heavy atom. The van der Waals surface area contributed by atoms with E-state index in [0.29, 0.717) is 12.1 Å². The normalized spacial score (nSPS) is 14.2. The fraction of sp³-hybridized carbons (Fsp3) is 0.429. The fourth-order valence-electron chi connectivity index (χ4n) is 1.70. The molecule has 16 heteroatoms. The minimum absolute atomic E-state index is 0.0547. The van der Waals surface area contributed by atoms with Gasteiger partial charge in [0.2, 0.25) is 0 Å². The summed E-state index contributed by atoms with van der Waals surface area (Å²) in [6.45, 7) is 0. The summed E-state index contributed by atoms with van der Waals surface area (Å²) in [4.78, 5) is 9.36. The van der Waals surface area contributed by atoms with E-state index in [-0.39, 0.29) is 5.92 Å². The third-order valence-electron chi connectivity index (χ3n) is 3.35. The van der Waals surface area contributed by atoms with Crippen LogP contribution in [0.3, 0.4) is 0 Å². The van der Waals surface area contributed by atoms with E-state index in [2.05, 4.69) is 0 Å². The summed E-state index contributed by atoms with van der Waals surface area (Å²) in [6.07, 6.45) is -7.50. The van der Waals surface area contributed by atoms with Crippen molar-refractivity contribution in [2.45, 2.75) is 35.8 Å². The largest absolute Gasteiger partial charge is 0.460 e. The van der Waals surface area contributed by atoms with Gasteiger partial charge in [0.25, 0.3) is 5.69 Å². The second kappa shape index (κ2) is 7.20. The van der Waals surface area contributed by atoms with Crippen molar-refractivity contribution in [1.29, 1.82) is 0 Å². The predicted molar refractivity (Wildman–Crippen MR) is 70.8 cm³/mol. The number of benzene rings is 1. The number of nitro groups is 1. The topological polar surface area (TPSA) is 43.1 Å². The Balaban J connectivity index is 3.48. The lowest BCUT2D eigenvalue weighted by atomic mass is 9.94. The molecule has 168 valence electrons. The maximum absolute atomic E-state index is 13.5. The molecule has 0 bridgehead atoms. The van der Waals surface area contributed by atoms with Crippen LogP contribution in [0.25, 0.3) is 0 Å². The molecule has 0 atom stereocenters. The number of hydrogen-bond donors (Lipinski definition) is 0. The number of non-ortho nitro benzene ring substituents is 1. The zero-order valence-electron chi connectivity index (χ0n) is 13.5. The van der Waals surface area contributed by atoms with Crippen molar-refractivity contribution >= 4 is 5.69 Å². The highest BCUT2D eigenvalue weighted by molar-refractivity contribution is 5.44. The van der Waals surface area contributed by atoms with E-state index >= 15 is 0 Å². The molecule has 0 fully saturated rings. The van der Waals surface area contributed by atoms with Crippen molar-refractivity contribution in [3.05, 3.63) is 39.9 Å². The molecule has 0 N–H and O–H groups in total. The number of nitrogens with zero attached hydrogens (tertiary/aromatic N) is 1. The fourth-order valence-corrected chi connectivity index (χ4v) is 1.70. The highest BCUT2D eigenvalue weighted by Gasteiger charge is 2.90. The van der Waals surface area contributed by atoms with Crippen LogP contribution in [0.2, 0.25) is 0 Å². The van der Waals surface area contributed by atoms with Gasteiger partial charge in [-0.15, -0.1) is 0 Å². The molecule has 0 radical (unpaired) electrons. The van der Waals surface area contributed by atoms with Crippen molar-refractivity contribution in [3.8, 4) is 11.8 Å². The summed E-state index contributed by atoms with van der Waals surface area (Å²) in [5.74, 6) is -36.8. The van der Waals surface area contributed by atoms with E-state index in [9.17, 15) is 67.2 Å². The van der Waals surface area contributed by atoms with E-state index < -0.39 is 52.0 Å². The van der Waals surface area contributed by atoms with E-state index in [1.807, 2.05) is 0 Å². The van der Waals surface area contributed by atoms with Crippen molar-refractivity contribution in [2.75, 3.05) is 0 Å². The van der Waals surface area contributed by atoms with Crippen molar-refractivity contribution in [3.63, 3.8) is 0 Å². The number of alkyl halides is 13. The summed E-state index contributed by atoms with van der Waals surface area (Å²) >= 11 is 0. The first-order valence-electron chi connectivity index (χ1n) is 6.87. The van der Waals surface area contributed by atoms with Gasteiger partial charge in [0.15, 0.2) is 0 Å². The molecule has 1 aromatic rings. The Bertz CT molecular complexity index is 880. The van der Waals surface area contributed by atoms with Gasteiger partial charge in [-0.2, -0.15) is 57.1 Å². The van der Waals surface area contributed by atoms with E-state index in [1.54, 1.807) is 0 Å². The maximum Gasteiger partial charge on any atom is 0.460 e. The van der Waals surface area contributed by atoms with Crippen LogP contribution in [0.1, 0.15) is 5.56 Å². The Labute approximate surface area is 156 Å². The molecule has 0 saturated carbocycles. The molecule has 1 aromatic carbocycles. The molecule has 0 spiro atoms. The lowest BCUT2D eigenvalue weighted by Gasteiger charge is -2.38. The first-order valence-corrected chi connectivity index (χ1v) is 6.87. The number of halogens is 13. The first kappa shape index (κ1) is 25.3. The van der Waals surface area contributed by atoms with Crippen LogP contribution in [-0.4, -0.2) is 40.7 Å². The van der Waals surface area contributed by atoms with Crippen molar-refractivity contribution in [2.24, 2.45) is 0 Å². The van der Waals surface area contributed by atoms with Gasteiger partial charge in [0, 0.05) is 17.7 Å². The standard InChI is InChI=1S/C14H4F13NO2/c15-9(16,5-4-7-2-1-3-8(6-7)28(29)30)10(17,18)11(19,20)12(21,22)13(23,24)14(25,26)27/h1-3,6H.